The first-order valence-electron chi connectivity index (χ1n) is 5.68. The molecule has 0 atom stereocenters. The van der Waals surface area contributed by atoms with Crippen LogP contribution in [0.1, 0.15) is 46.5 Å². The van der Waals surface area contributed by atoms with Gasteiger partial charge >= 0.3 is 0 Å². The fraction of sp³-hybridized carbons (Fsp3) is 1.00. The van der Waals surface area contributed by atoms with Crippen molar-refractivity contribution in [1.29, 1.82) is 0 Å². The normalized spacial score (nSPS) is 27.4. The average molecular weight is 218 g/mol. The molecule has 1 rings (SSSR count). The summed E-state index contributed by atoms with van der Waals surface area (Å²) in [6.45, 7) is 7.11. The van der Waals surface area contributed by atoms with Gasteiger partial charge in [-0.05, 0) is 30.6 Å². The van der Waals surface area contributed by atoms with Crippen LogP contribution >= 0.6 is 0 Å². The van der Waals surface area contributed by atoms with E-state index in [9.17, 15) is 4.21 Å². The van der Waals surface area contributed by atoms with Crippen LogP contribution in [-0.4, -0.2) is 16.7 Å². The molecule has 86 valence electrons. The topological polar surface area (TPSA) is 17.1 Å². The van der Waals surface area contributed by atoms with Crippen LogP contribution in [0.2, 0.25) is 0 Å². The van der Waals surface area contributed by atoms with Crippen molar-refractivity contribution in [2.75, 3.05) is 12.5 Å². The van der Waals surface area contributed by atoms with Gasteiger partial charge in [-0.15, -0.1) is 0 Å². The fourth-order valence-electron chi connectivity index (χ4n) is 1.95. The van der Waals surface area contributed by atoms with E-state index in [4.69, 9.17) is 0 Å². The molecule has 1 nitrogen and oxygen atoms in total. The lowest BCUT2D eigenvalue weighted by atomic mass is 9.78. The molecule has 1 fully saturated rings. The third-order valence-corrected chi connectivity index (χ3v) is 3.00. The van der Waals surface area contributed by atoms with E-state index < -0.39 is 10.8 Å². The summed E-state index contributed by atoms with van der Waals surface area (Å²) in [5.41, 5.74) is 0. The van der Waals surface area contributed by atoms with E-state index in [1.165, 1.54) is 25.7 Å². The SMILES string of the molecule is CC1CCC(C(C)C)CC1.CS(C)=O. The highest BCUT2D eigenvalue weighted by Gasteiger charge is 2.19. The van der Waals surface area contributed by atoms with Crippen LogP contribution in [0.25, 0.3) is 0 Å². The molecule has 0 saturated heterocycles. The van der Waals surface area contributed by atoms with Gasteiger partial charge in [0.25, 0.3) is 0 Å². The number of hydrogen-bond donors (Lipinski definition) is 0. The molecule has 0 aromatic carbocycles. The summed E-state index contributed by atoms with van der Waals surface area (Å²) in [6.07, 6.45) is 9.20. The molecule has 1 aliphatic carbocycles. The molecule has 0 aromatic rings. The maximum absolute atomic E-state index is 9.56. The third-order valence-electron chi connectivity index (χ3n) is 3.00. The summed E-state index contributed by atoms with van der Waals surface area (Å²) in [6, 6.07) is 0. The molecule has 0 aliphatic heterocycles. The molecule has 14 heavy (non-hydrogen) atoms. The van der Waals surface area contributed by atoms with Crippen molar-refractivity contribution in [2.45, 2.75) is 46.5 Å². The molecular weight excluding hydrogens is 192 g/mol. The van der Waals surface area contributed by atoms with E-state index in [0.29, 0.717) is 0 Å². The van der Waals surface area contributed by atoms with Gasteiger partial charge in [0, 0.05) is 23.3 Å². The second-order valence-corrected chi connectivity index (χ2v) is 6.49. The molecule has 0 N–H and O–H groups in total. The Morgan fingerprint density at radius 3 is 1.71 bits per heavy atom. The van der Waals surface area contributed by atoms with Crippen molar-refractivity contribution >= 4 is 10.8 Å². The van der Waals surface area contributed by atoms with Gasteiger partial charge < -0.3 is 0 Å². The summed E-state index contributed by atoms with van der Waals surface area (Å²) in [5.74, 6) is 2.97. The molecular formula is C12H26OS. The van der Waals surface area contributed by atoms with Crippen molar-refractivity contribution in [1.82, 2.24) is 0 Å². The third kappa shape index (κ3) is 7.54. The van der Waals surface area contributed by atoms with E-state index >= 15 is 0 Å². The maximum Gasteiger partial charge on any atom is 0.0148 e. The van der Waals surface area contributed by atoms with Gasteiger partial charge in [-0.1, -0.05) is 33.6 Å². The zero-order chi connectivity index (χ0) is 11.1. The first-order chi connectivity index (χ1) is 6.43. The summed E-state index contributed by atoms with van der Waals surface area (Å²) in [7, 11) is -0.611. The molecule has 1 aliphatic rings. The first kappa shape index (κ1) is 14.2. The van der Waals surface area contributed by atoms with Crippen LogP contribution in [0.3, 0.4) is 0 Å². The highest BCUT2D eigenvalue weighted by atomic mass is 32.2. The van der Waals surface area contributed by atoms with Gasteiger partial charge in [0.05, 0.1) is 0 Å². The van der Waals surface area contributed by atoms with Gasteiger partial charge in [-0.2, -0.15) is 0 Å². The van der Waals surface area contributed by atoms with Crippen molar-refractivity contribution < 1.29 is 4.21 Å². The Balaban J connectivity index is 0.000000364. The summed E-state index contributed by atoms with van der Waals surface area (Å²) >= 11 is 0. The van der Waals surface area contributed by atoms with Crippen molar-refractivity contribution in [3.63, 3.8) is 0 Å². The average Bonchev–Trinajstić information content (AvgIpc) is 2.03. The smallest absolute Gasteiger partial charge is 0.0148 e. The van der Waals surface area contributed by atoms with Gasteiger partial charge in [-0.25, -0.2) is 0 Å². The molecule has 0 spiro atoms. The van der Waals surface area contributed by atoms with Crippen molar-refractivity contribution in [2.24, 2.45) is 17.8 Å². The summed E-state index contributed by atoms with van der Waals surface area (Å²) in [4.78, 5) is 0. The molecule has 2 heteroatoms. The Hall–Kier alpha value is 0.150. The van der Waals surface area contributed by atoms with Crippen LogP contribution < -0.4 is 0 Å². The van der Waals surface area contributed by atoms with E-state index in [1.54, 1.807) is 12.5 Å². The molecule has 1 saturated carbocycles. The lowest BCUT2D eigenvalue weighted by molar-refractivity contribution is 0.234. The van der Waals surface area contributed by atoms with Crippen LogP contribution in [0.4, 0.5) is 0 Å². The van der Waals surface area contributed by atoms with Crippen LogP contribution in [-0.2, 0) is 10.8 Å². The predicted molar refractivity (Wildman–Crippen MR) is 66.0 cm³/mol. The predicted octanol–water partition coefficient (Wildman–Crippen LogP) is 3.46. The minimum Gasteiger partial charge on any atom is -0.260 e. The Morgan fingerprint density at radius 2 is 1.43 bits per heavy atom. The molecule has 0 unspecified atom stereocenters. The Labute approximate surface area is 92.1 Å². The van der Waals surface area contributed by atoms with Crippen LogP contribution in [0.15, 0.2) is 0 Å². The monoisotopic (exact) mass is 218 g/mol. The second-order valence-electron chi connectivity index (χ2n) is 5.01. The summed E-state index contributed by atoms with van der Waals surface area (Å²) < 4.78 is 9.56. The van der Waals surface area contributed by atoms with Gasteiger partial charge in [0.2, 0.25) is 0 Å². The van der Waals surface area contributed by atoms with Gasteiger partial charge in [0.15, 0.2) is 0 Å². The fourth-order valence-corrected chi connectivity index (χ4v) is 1.95. The lowest BCUT2D eigenvalue weighted by Gasteiger charge is -2.28. The van der Waals surface area contributed by atoms with E-state index in [2.05, 4.69) is 20.8 Å². The highest BCUT2D eigenvalue weighted by molar-refractivity contribution is 7.83. The minimum absolute atomic E-state index is 0.611. The second kappa shape index (κ2) is 7.44. The Kier molecular flexibility index (Phi) is 7.52. The first-order valence-corrected chi connectivity index (χ1v) is 7.65. The maximum atomic E-state index is 9.56. The summed E-state index contributed by atoms with van der Waals surface area (Å²) in [5, 5.41) is 0. The quantitative estimate of drug-likeness (QED) is 0.659. The van der Waals surface area contributed by atoms with E-state index in [1.807, 2.05) is 0 Å². The molecule has 0 aromatic heterocycles. The van der Waals surface area contributed by atoms with Gasteiger partial charge in [-0.3, -0.25) is 4.21 Å². The Bertz CT molecular complexity index is 154. The van der Waals surface area contributed by atoms with E-state index in [-0.39, 0.29) is 0 Å². The number of hydrogen-bond acceptors (Lipinski definition) is 1. The van der Waals surface area contributed by atoms with E-state index in [0.717, 1.165) is 17.8 Å². The van der Waals surface area contributed by atoms with Crippen LogP contribution in [0, 0.1) is 17.8 Å². The number of rotatable bonds is 1. The lowest BCUT2D eigenvalue weighted by Crippen LogP contribution is -2.16. The standard InChI is InChI=1S/C10H20.C2H6OS/c1-8(2)10-6-4-9(3)5-7-10;1-4(2)3/h8-10H,4-7H2,1-3H3;1-2H3. The molecule has 0 amide bonds. The van der Waals surface area contributed by atoms with Crippen LogP contribution in [0.5, 0.6) is 0 Å². The molecule has 0 heterocycles. The van der Waals surface area contributed by atoms with Crippen molar-refractivity contribution in [3.8, 4) is 0 Å². The largest absolute Gasteiger partial charge is 0.260 e. The molecule has 0 bridgehead atoms. The van der Waals surface area contributed by atoms with Crippen molar-refractivity contribution in [3.05, 3.63) is 0 Å². The minimum atomic E-state index is -0.611. The Morgan fingerprint density at radius 1 is 1.07 bits per heavy atom. The zero-order valence-corrected chi connectivity index (χ0v) is 11.2. The zero-order valence-electron chi connectivity index (χ0n) is 10.4. The highest BCUT2D eigenvalue weighted by Crippen LogP contribution is 2.32. The molecule has 0 radical (unpaired) electrons. The van der Waals surface area contributed by atoms with Gasteiger partial charge in [0.1, 0.15) is 0 Å².